The molecule has 1 unspecified atom stereocenters. The molecule has 2 heteroatoms. The van der Waals surface area contributed by atoms with E-state index in [4.69, 9.17) is 4.74 Å². The van der Waals surface area contributed by atoms with Gasteiger partial charge in [-0.05, 0) is 49.8 Å². The molecule has 1 atom stereocenters. The maximum absolute atomic E-state index is 13.3. The van der Waals surface area contributed by atoms with Crippen molar-refractivity contribution >= 4 is 0 Å². The van der Waals surface area contributed by atoms with Gasteiger partial charge in [0.2, 0.25) is 0 Å². The van der Waals surface area contributed by atoms with Gasteiger partial charge in [0.1, 0.15) is 11.4 Å². The topological polar surface area (TPSA) is 9.23 Å². The Bertz CT molecular complexity index is 400. The van der Waals surface area contributed by atoms with Crippen LogP contribution in [0.5, 0.6) is 5.75 Å². The Balaban J connectivity index is 2.79. The van der Waals surface area contributed by atoms with Crippen LogP contribution >= 0.6 is 0 Å². The molecule has 0 aliphatic heterocycles. The van der Waals surface area contributed by atoms with Crippen LogP contribution in [-0.4, -0.2) is 12.3 Å². The van der Waals surface area contributed by atoms with Crippen molar-refractivity contribution in [2.24, 2.45) is 5.41 Å². The molecule has 1 nitrogen and oxygen atoms in total. The summed E-state index contributed by atoms with van der Waals surface area (Å²) < 4.78 is 19.2. The fraction of sp³-hybridized carbons (Fsp3) is 0.667. The molecule has 0 aromatic heterocycles. The monoisotopic (exact) mass is 280 g/mol. The zero-order valence-corrected chi connectivity index (χ0v) is 13.8. The minimum atomic E-state index is -0.308. The quantitative estimate of drug-likeness (QED) is 0.645. The summed E-state index contributed by atoms with van der Waals surface area (Å²) in [5.74, 6) is 0.831. The van der Waals surface area contributed by atoms with Crippen molar-refractivity contribution in [2.75, 3.05) is 6.67 Å². The third kappa shape index (κ3) is 5.52. The molecule has 0 bridgehead atoms. The standard InChI is InChI=1S/C18H29FO/c1-7-18(5,6)20-16-10-8-14(9-11-16)15(13-19)12-17(2,3)4/h8-11,15H,7,12-13H2,1-6H3. The van der Waals surface area contributed by atoms with Crippen LogP contribution in [0.2, 0.25) is 0 Å². The second-order valence-corrected chi connectivity index (χ2v) is 7.40. The van der Waals surface area contributed by atoms with E-state index in [-0.39, 0.29) is 23.6 Å². The summed E-state index contributed by atoms with van der Waals surface area (Å²) >= 11 is 0. The number of alkyl halides is 1. The summed E-state index contributed by atoms with van der Waals surface area (Å²) in [5, 5.41) is 0. The summed E-state index contributed by atoms with van der Waals surface area (Å²) in [5.41, 5.74) is 1.03. The van der Waals surface area contributed by atoms with Crippen LogP contribution in [0, 0.1) is 5.41 Å². The molecule has 114 valence electrons. The van der Waals surface area contributed by atoms with E-state index in [9.17, 15) is 4.39 Å². The molecule has 0 aliphatic carbocycles. The summed E-state index contributed by atoms with van der Waals surface area (Å²) in [4.78, 5) is 0. The van der Waals surface area contributed by atoms with Crippen LogP contribution in [0.4, 0.5) is 4.39 Å². The van der Waals surface area contributed by atoms with E-state index < -0.39 is 0 Å². The SMILES string of the molecule is CCC(C)(C)Oc1ccc(C(CF)CC(C)(C)C)cc1. The van der Waals surface area contributed by atoms with E-state index in [1.807, 2.05) is 24.3 Å². The Labute approximate surface area is 123 Å². The predicted octanol–water partition coefficient (Wildman–Crippen LogP) is 5.74. The molecular formula is C18H29FO. The van der Waals surface area contributed by atoms with E-state index in [2.05, 4.69) is 41.5 Å². The minimum absolute atomic E-state index is 0.0248. The number of hydrogen-bond acceptors (Lipinski definition) is 1. The molecule has 1 aromatic carbocycles. The first-order valence-electron chi connectivity index (χ1n) is 7.52. The minimum Gasteiger partial charge on any atom is -0.488 e. The van der Waals surface area contributed by atoms with Gasteiger partial charge in [0.25, 0.3) is 0 Å². The zero-order valence-electron chi connectivity index (χ0n) is 13.8. The van der Waals surface area contributed by atoms with Gasteiger partial charge in [-0.1, -0.05) is 39.8 Å². The number of rotatable bonds is 6. The lowest BCUT2D eigenvalue weighted by molar-refractivity contribution is 0.105. The predicted molar refractivity (Wildman–Crippen MR) is 84.2 cm³/mol. The smallest absolute Gasteiger partial charge is 0.120 e. The molecule has 0 fully saturated rings. The second kappa shape index (κ2) is 6.60. The van der Waals surface area contributed by atoms with Crippen molar-refractivity contribution in [3.8, 4) is 5.75 Å². The summed E-state index contributed by atoms with van der Waals surface area (Å²) in [6.45, 7) is 12.4. The largest absolute Gasteiger partial charge is 0.488 e. The molecule has 0 radical (unpaired) electrons. The van der Waals surface area contributed by atoms with Crippen LogP contribution in [-0.2, 0) is 0 Å². The van der Waals surface area contributed by atoms with Gasteiger partial charge in [0.05, 0.1) is 6.67 Å². The van der Waals surface area contributed by atoms with Gasteiger partial charge in [-0.25, -0.2) is 0 Å². The average molecular weight is 280 g/mol. The van der Waals surface area contributed by atoms with Gasteiger partial charge < -0.3 is 4.74 Å². The van der Waals surface area contributed by atoms with Gasteiger partial charge >= 0.3 is 0 Å². The fourth-order valence-electron chi connectivity index (χ4n) is 2.20. The first-order chi connectivity index (χ1) is 9.17. The zero-order chi connectivity index (χ0) is 15.4. The molecule has 20 heavy (non-hydrogen) atoms. The Morgan fingerprint density at radius 3 is 2.00 bits per heavy atom. The third-order valence-corrected chi connectivity index (χ3v) is 3.64. The van der Waals surface area contributed by atoms with Crippen molar-refractivity contribution in [1.29, 1.82) is 0 Å². The number of hydrogen-bond donors (Lipinski definition) is 0. The van der Waals surface area contributed by atoms with Crippen molar-refractivity contribution in [3.05, 3.63) is 29.8 Å². The molecule has 0 amide bonds. The summed E-state index contributed by atoms with van der Waals surface area (Å²) in [6, 6.07) is 7.91. The molecule has 1 rings (SSSR count). The Morgan fingerprint density at radius 1 is 1.05 bits per heavy atom. The van der Waals surface area contributed by atoms with Crippen LogP contribution < -0.4 is 4.74 Å². The third-order valence-electron chi connectivity index (χ3n) is 3.64. The van der Waals surface area contributed by atoms with E-state index >= 15 is 0 Å². The summed E-state index contributed by atoms with van der Waals surface area (Å²) in [7, 11) is 0. The molecule has 0 aliphatic rings. The molecule has 0 saturated heterocycles. The first kappa shape index (κ1) is 17.0. The highest BCUT2D eigenvalue weighted by Gasteiger charge is 2.21. The second-order valence-electron chi connectivity index (χ2n) is 7.40. The van der Waals surface area contributed by atoms with Crippen LogP contribution in [0.3, 0.4) is 0 Å². The van der Waals surface area contributed by atoms with E-state index in [0.29, 0.717) is 0 Å². The van der Waals surface area contributed by atoms with Gasteiger partial charge in [-0.3, -0.25) is 4.39 Å². The lowest BCUT2D eigenvalue weighted by Crippen LogP contribution is -2.26. The Hall–Kier alpha value is -1.05. The molecule has 0 N–H and O–H groups in total. The highest BCUT2D eigenvalue weighted by Crippen LogP contribution is 2.32. The van der Waals surface area contributed by atoms with E-state index in [1.165, 1.54) is 0 Å². The van der Waals surface area contributed by atoms with Crippen molar-refractivity contribution < 1.29 is 9.13 Å². The fourth-order valence-corrected chi connectivity index (χ4v) is 2.20. The Morgan fingerprint density at radius 2 is 1.60 bits per heavy atom. The van der Waals surface area contributed by atoms with Crippen molar-refractivity contribution in [2.45, 2.75) is 65.9 Å². The van der Waals surface area contributed by atoms with Crippen molar-refractivity contribution in [1.82, 2.24) is 0 Å². The normalized spacial score (nSPS) is 14.2. The molecule has 1 aromatic rings. The van der Waals surface area contributed by atoms with Crippen LogP contribution in [0.1, 0.15) is 65.9 Å². The van der Waals surface area contributed by atoms with Gasteiger partial charge in [0, 0.05) is 5.92 Å². The highest BCUT2D eigenvalue weighted by molar-refractivity contribution is 5.30. The maximum atomic E-state index is 13.3. The summed E-state index contributed by atoms with van der Waals surface area (Å²) in [6.07, 6.45) is 1.80. The average Bonchev–Trinajstić information content (AvgIpc) is 2.35. The maximum Gasteiger partial charge on any atom is 0.120 e. The molecule has 0 spiro atoms. The molecule has 0 saturated carbocycles. The number of ether oxygens (including phenoxy) is 1. The number of benzene rings is 1. The highest BCUT2D eigenvalue weighted by atomic mass is 19.1. The lowest BCUT2D eigenvalue weighted by atomic mass is 9.82. The lowest BCUT2D eigenvalue weighted by Gasteiger charge is -2.26. The number of halogens is 1. The van der Waals surface area contributed by atoms with Crippen LogP contribution in [0.15, 0.2) is 24.3 Å². The van der Waals surface area contributed by atoms with E-state index in [1.54, 1.807) is 0 Å². The van der Waals surface area contributed by atoms with Crippen molar-refractivity contribution in [3.63, 3.8) is 0 Å². The van der Waals surface area contributed by atoms with Gasteiger partial charge in [0.15, 0.2) is 0 Å². The molecular weight excluding hydrogens is 251 g/mol. The van der Waals surface area contributed by atoms with Gasteiger partial charge in [-0.15, -0.1) is 0 Å². The first-order valence-corrected chi connectivity index (χ1v) is 7.52. The van der Waals surface area contributed by atoms with E-state index in [0.717, 1.165) is 24.2 Å². The van der Waals surface area contributed by atoms with Gasteiger partial charge in [-0.2, -0.15) is 0 Å². The van der Waals surface area contributed by atoms with Crippen LogP contribution in [0.25, 0.3) is 0 Å². The Kier molecular flexibility index (Phi) is 5.61. The molecule has 0 heterocycles.